The fourth-order valence-corrected chi connectivity index (χ4v) is 6.25. The van der Waals surface area contributed by atoms with Crippen molar-refractivity contribution >= 4 is 34.2 Å². The third kappa shape index (κ3) is 5.09. The van der Waals surface area contributed by atoms with E-state index in [0.717, 1.165) is 86.5 Å². The second-order valence-electron chi connectivity index (χ2n) is 11.2. The molecule has 0 unspecified atom stereocenters. The summed E-state index contributed by atoms with van der Waals surface area (Å²) >= 11 is 0. The highest BCUT2D eigenvalue weighted by Gasteiger charge is 2.51. The fourth-order valence-electron chi connectivity index (χ4n) is 6.25. The predicted molar refractivity (Wildman–Crippen MR) is 146 cm³/mol. The van der Waals surface area contributed by atoms with E-state index in [9.17, 15) is 9.59 Å². The highest BCUT2D eigenvalue weighted by atomic mass is 16.7. The number of anilines is 1. The van der Waals surface area contributed by atoms with Gasteiger partial charge in [0.05, 0.1) is 23.0 Å². The lowest BCUT2D eigenvalue weighted by molar-refractivity contribution is -0.158. The molecule has 4 N–H and O–H groups in total. The maximum atomic E-state index is 13.7. The molecule has 39 heavy (non-hydrogen) atoms. The van der Waals surface area contributed by atoms with E-state index in [1.807, 2.05) is 17.8 Å². The van der Waals surface area contributed by atoms with Gasteiger partial charge in [0.15, 0.2) is 5.65 Å². The number of nitrogens with one attached hydrogen (secondary N) is 4. The average molecular weight is 538 g/mol. The summed E-state index contributed by atoms with van der Waals surface area (Å²) in [4.78, 5) is 38.1. The Morgan fingerprint density at radius 3 is 2.23 bits per heavy atom. The Hall–Kier alpha value is -3.18. The SMILES string of the molecule is CCn1ncc2c(NC3CCOCC3)c(C3=CC(C(=O)NC4CCCC4)(C(=O)NC4CCCC4)ON3)cnc21. The van der Waals surface area contributed by atoms with Crippen LogP contribution in [0.25, 0.3) is 16.7 Å². The molecule has 2 amide bonds. The maximum absolute atomic E-state index is 13.7. The van der Waals surface area contributed by atoms with Gasteiger partial charge in [-0.2, -0.15) is 5.10 Å². The van der Waals surface area contributed by atoms with Crippen LogP contribution in [0.2, 0.25) is 0 Å². The molecule has 4 heterocycles. The summed E-state index contributed by atoms with van der Waals surface area (Å²) < 4.78 is 7.42. The molecule has 2 aromatic rings. The molecule has 0 aromatic carbocycles. The number of hydrogen-bond donors (Lipinski definition) is 4. The number of hydrogen-bond acceptors (Lipinski definition) is 8. The normalized spacial score (nSPS) is 22.1. The van der Waals surface area contributed by atoms with Crippen molar-refractivity contribution in [3.8, 4) is 0 Å². The van der Waals surface area contributed by atoms with E-state index in [2.05, 4.69) is 26.5 Å². The van der Waals surface area contributed by atoms with Gasteiger partial charge in [0.2, 0.25) is 0 Å². The van der Waals surface area contributed by atoms with Gasteiger partial charge in [0, 0.05) is 49.6 Å². The minimum atomic E-state index is -1.81. The number of pyridine rings is 1. The van der Waals surface area contributed by atoms with Gasteiger partial charge >= 0.3 is 0 Å². The van der Waals surface area contributed by atoms with E-state index in [1.165, 1.54) is 0 Å². The molecule has 4 aliphatic rings. The van der Waals surface area contributed by atoms with Crippen LogP contribution < -0.4 is 21.4 Å². The number of amides is 2. The minimum absolute atomic E-state index is 0.0540. The first-order valence-electron chi connectivity index (χ1n) is 14.6. The maximum Gasteiger partial charge on any atom is 0.271 e. The van der Waals surface area contributed by atoms with Gasteiger partial charge in [0.1, 0.15) is 0 Å². The summed E-state index contributed by atoms with van der Waals surface area (Å²) in [5, 5.41) is 15.3. The molecule has 2 aliphatic carbocycles. The Bertz CT molecular complexity index is 1210. The number of ether oxygens (including phenoxy) is 1. The van der Waals surface area contributed by atoms with Crippen molar-refractivity contribution in [3.63, 3.8) is 0 Å². The quantitative estimate of drug-likeness (QED) is 0.378. The molecule has 6 rings (SSSR count). The first kappa shape index (κ1) is 26.1. The average Bonchev–Trinajstić information content (AvgIpc) is 3.77. The molecule has 0 bridgehead atoms. The molecule has 0 spiro atoms. The lowest BCUT2D eigenvalue weighted by Crippen LogP contribution is -2.59. The van der Waals surface area contributed by atoms with E-state index in [1.54, 1.807) is 12.3 Å². The number of fused-ring (bicyclic) bond motifs is 1. The zero-order valence-corrected chi connectivity index (χ0v) is 22.6. The van der Waals surface area contributed by atoms with Gasteiger partial charge in [-0.3, -0.25) is 15.1 Å². The molecule has 2 aliphatic heterocycles. The standard InChI is InChI=1S/C28H39N7O4/c1-2-35-25-22(17-30-35)24(31-20-11-13-38-14-12-20)21(16-29-25)23-15-28(39-34-23,26(36)32-18-7-3-4-8-18)27(37)33-19-9-5-6-10-19/h15-20,34H,2-14H2,1H3,(H,29,31)(H,32,36)(H,33,37). The monoisotopic (exact) mass is 537 g/mol. The van der Waals surface area contributed by atoms with Crippen LogP contribution in [-0.4, -0.2) is 63.5 Å². The summed E-state index contributed by atoms with van der Waals surface area (Å²) in [5.74, 6) is -0.863. The van der Waals surface area contributed by atoms with Gasteiger partial charge in [0.25, 0.3) is 17.4 Å². The highest BCUT2D eigenvalue weighted by Crippen LogP contribution is 2.36. The van der Waals surface area contributed by atoms with Crippen molar-refractivity contribution < 1.29 is 19.2 Å². The van der Waals surface area contributed by atoms with Crippen LogP contribution in [0.1, 0.15) is 76.7 Å². The second kappa shape index (κ2) is 11.1. The third-order valence-corrected chi connectivity index (χ3v) is 8.55. The van der Waals surface area contributed by atoms with Crippen LogP contribution in [0.3, 0.4) is 0 Å². The topological polar surface area (TPSA) is 131 Å². The summed E-state index contributed by atoms with van der Waals surface area (Å²) in [7, 11) is 0. The van der Waals surface area contributed by atoms with Crippen molar-refractivity contribution in [2.24, 2.45) is 0 Å². The number of hydroxylamine groups is 1. The highest BCUT2D eigenvalue weighted by molar-refractivity contribution is 6.13. The second-order valence-corrected chi connectivity index (χ2v) is 11.2. The lowest BCUT2D eigenvalue weighted by atomic mass is 9.97. The molecule has 0 radical (unpaired) electrons. The molecule has 11 heteroatoms. The molecule has 2 aromatic heterocycles. The van der Waals surface area contributed by atoms with Gasteiger partial charge < -0.3 is 20.7 Å². The molecule has 2 saturated carbocycles. The zero-order valence-electron chi connectivity index (χ0n) is 22.6. The van der Waals surface area contributed by atoms with Crippen molar-refractivity contribution in [1.82, 2.24) is 30.9 Å². The van der Waals surface area contributed by atoms with Crippen LogP contribution in [0.4, 0.5) is 5.69 Å². The molecule has 11 nitrogen and oxygen atoms in total. The third-order valence-electron chi connectivity index (χ3n) is 8.55. The summed E-state index contributed by atoms with van der Waals surface area (Å²) in [5.41, 5.74) is 4.04. The number of nitrogens with zero attached hydrogens (tertiary/aromatic N) is 3. The van der Waals surface area contributed by atoms with Crippen LogP contribution in [0, 0.1) is 0 Å². The minimum Gasteiger partial charge on any atom is -0.381 e. The zero-order chi connectivity index (χ0) is 26.8. The van der Waals surface area contributed by atoms with Crippen LogP contribution >= 0.6 is 0 Å². The van der Waals surface area contributed by atoms with Crippen molar-refractivity contribution in [3.05, 3.63) is 24.0 Å². The van der Waals surface area contributed by atoms with E-state index >= 15 is 0 Å². The number of rotatable bonds is 8. The summed E-state index contributed by atoms with van der Waals surface area (Å²) in [6.45, 7) is 4.13. The van der Waals surface area contributed by atoms with E-state index < -0.39 is 17.4 Å². The van der Waals surface area contributed by atoms with Crippen LogP contribution in [0.15, 0.2) is 18.5 Å². The van der Waals surface area contributed by atoms with Crippen LogP contribution in [-0.2, 0) is 25.7 Å². The number of carbonyl (C=O) groups is 2. The Balaban J connectivity index is 1.37. The molecule has 0 atom stereocenters. The fraction of sp³-hybridized carbons (Fsp3) is 0.643. The largest absolute Gasteiger partial charge is 0.381 e. The first-order valence-corrected chi connectivity index (χ1v) is 14.6. The predicted octanol–water partition coefficient (Wildman–Crippen LogP) is 2.77. The van der Waals surface area contributed by atoms with Gasteiger partial charge in [-0.05, 0) is 51.5 Å². The Kier molecular flexibility index (Phi) is 7.44. The van der Waals surface area contributed by atoms with Crippen molar-refractivity contribution in [2.75, 3.05) is 18.5 Å². The Morgan fingerprint density at radius 1 is 0.974 bits per heavy atom. The van der Waals surface area contributed by atoms with Crippen molar-refractivity contribution in [1.29, 1.82) is 0 Å². The number of aryl methyl sites for hydroxylation is 1. The summed E-state index contributed by atoms with van der Waals surface area (Å²) in [6, 6.07) is 0.328. The van der Waals surface area contributed by atoms with Gasteiger partial charge in [-0.25, -0.2) is 14.5 Å². The van der Waals surface area contributed by atoms with Crippen molar-refractivity contribution in [2.45, 2.75) is 101 Å². The van der Waals surface area contributed by atoms with E-state index in [-0.39, 0.29) is 18.1 Å². The molecule has 1 saturated heterocycles. The molecule has 210 valence electrons. The van der Waals surface area contributed by atoms with E-state index in [0.29, 0.717) is 25.5 Å². The Morgan fingerprint density at radius 2 is 1.62 bits per heavy atom. The summed E-state index contributed by atoms with van der Waals surface area (Å²) in [6.07, 6.45) is 14.9. The van der Waals surface area contributed by atoms with Crippen LogP contribution in [0.5, 0.6) is 0 Å². The Labute approximate surface area is 228 Å². The molecular formula is C28H39N7O4. The molecule has 3 fully saturated rings. The van der Waals surface area contributed by atoms with E-state index in [4.69, 9.17) is 14.6 Å². The lowest BCUT2D eigenvalue weighted by Gasteiger charge is -2.26. The smallest absolute Gasteiger partial charge is 0.271 e. The van der Waals surface area contributed by atoms with Gasteiger partial charge in [-0.1, -0.05) is 25.7 Å². The number of carbonyl (C=O) groups excluding carboxylic acids is 2. The first-order chi connectivity index (χ1) is 19.1. The van der Waals surface area contributed by atoms with Gasteiger partial charge in [-0.15, -0.1) is 0 Å². The molecular weight excluding hydrogens is 498 g/mol. The number of aromatic nitrogens is 3.